The minimum atomic E-state index is -1.73. The molecule has 108 valence electrons. The lowest BCUT2D eigenvalue weighted by molar-refractivity contribution is -0.151. The zero-order chi connectivity index (χ0) is 15.1. The van der Waals surface area contributed by atoms with Gasteiger partial charge in [-0.05, 0) is 17.7 Å². The molecule has 1 amide bonds. The van der Waals surface area contributed by atoms with E-state index < -0.39 is 23.9 Å². The van der Waals surface area contributed by atoms with Gasteiger partial charge in [0.25, 0.3) is 0 Å². The molecule has 0 aliphatic rings. The van der Waals surface area contributed by atoms with Crippen LogP contribution in [-0.4, -0.2) is 45.0 Å². The molecule has 0 fully saturated rings. The number of hydrogen-bond donors (Lipinski definition) is 4. The maximum Gasteiger partial charge on any atom is 0.394 e. The van der Waals surface area contributed by atoms with Crippen molar-refractivity contribution >= 4 is 29.6 Å². The molecule has 0 unspecified atom stereocenters. The Hall–Kier alpha value is -2.22. The highest BCUT2D eigenvalue weighted by atomic mass is 32.2. The van der Waals surface area contributed by atoms with Gasteiger partial charge in [-0.15, -0.1) is 0 Å². The number of carbonyl (C=O) groups is 3. The number of rotatable bonds is 6. The first-order valence-corrected chi connectivity index (χ1v) is 6.68. The third kappa shape index (κ3) is 5.19. The summed E-state index contributed by atoms with van der Waals surface area (Å²) in [6.45, 7) is 0. The molecule has 0 heterocycles. The molecule has 4 N–H and O–H groups in total. The molecule has 0 radical (unpaired) electrons. The van der Waals surface area contributed by atoms with Crippen molar-refractivity contribution < 1.29 is 29.7 Å². The van der Waals surface area contributed by atoms with Gasteiger partial charge in [0, 0.05) is 11.5 Å². The maximum atomic E-state index is 10.9. The van der Waals surface area contributed by atoms with Crippen LogP contribution in [0.1, 0.15) is 5.56 Å². The number of phenolic OH excluding ortho intramolecular Hbond substituents is 1. The highest BCUT2D eigenvalue weighted by Gasteiger charge is 2.23. The Morgan fingerprint density at radius 2 is 1.95 bits per heavy atom. The van der Waals surface area contributed by atoms with Crippen LogP contribution in [0.15, 0.2) is 24.3 Å². The van der Waals surface area contributed by atoms with E-state index in [0.29, 0.717) is 5.75 Å². The maximum absolute atomic E-state index is 10.9. The number of phenols is 1. The van der Waals surface area contributed by atoms with Crippen molar-refractivity contribution in [2.45, 2.75) is 11.8 Å². The van der Waals surface area contributed by atoms with E-state index in [-0.39, 0.29) is 11.5 Å². The van der Waals surface area contributed by atoms with E-state index in [1.54, 1.807) is 18.2 Å². The SMILES string of the molecule is O=C(O)C(=O)N[C@@H](CSCc1cccc(O)c1)C(=O)O. The quantitative estimate of drug-likeness (QED) is 0.556. The van der Waals surface area contributed by atoms with E-state index in [4.69, 9.17) is 10.2 Å². The highest BCUT2D eigenvalue weighted by molar-refractivity contribution is 7.98. The van der Waals surface area contributed by atoms with Crippen molar-refractivity contribution in [2.24, 2.45) is 0 Å². The number of thioether (sulfide) groups is 1. The topological polar surface area (TPSA) is 124 Å². The summed E-state index contributed by atoms with van der Waals surface area (Å²) in [5, 5.41) is 28.5. The first kappa shape index (κ1) is 15.8. The zero-order valence-electron chi connectivity index (χ0n) is 10.3. The Kier molecular flexibility index (Phi) is 5.85. The van der Waals surface area contributed by atoms with Crippen LogP contribution in [0.4, 0.5) is 0 Å². The summed E-state index contributed by atoms with van der Waals surface area (Å²) >= 11 is 1.21. The van der Waals surface area contributed by atoms with Crippen molar-refractivity contribution in [3.63, 3.8) is 0 Å². The summed E-state index contributed by atoms with van der Waals surface area (Å²) in [6.07, 6.45) is 0. The van der Waals surface area contributed by atoms with Crippen LogP contribution < -0.4 is 5.32 Å². The largest absolute Gasteiger partial charge is 0.508 e. The number of nitrogens with one attached hydrogen (secondary N) is 1. The summed E-state index contributed by atoms with van der Waals surface area (Å²) in [6, 6.07) is 5.20. The molecule has 1 atom stereocenters. The number of hydrogen-bond acceptors (Lipinski definition) is 5. The Bertz CT molecular complexity index is 518. The Morgan fingerprint density at radius 3 is 2.50 bits per heavy atom. The second-order valence-corrected chi connectivity index (χ2v) is 4.88. The molecular weight excluding hydrogens is 286 g/mol. The summed E-state index contributed by atoms with van der Waals surface area (Å²) in [5.41, 5.74) is 0.795. The second-order valence-electron chi connectivity index (χ2n) is 3.85. The normalized spacial score (nSPS) is 11.6. The monoisotopic (exact) mass is 299 g/mol. The molecule has 0 saturated heterocycles. The number of aromatic hydroxyl groups is 1. The van der Waals surface area contributed by atoms with Crippen LogP contribution in [0.5, 0.6) is 5.75 Å². The van der Waals surface area contributed by atoms with Crippen LogP contribution in [0, 0.1) is 0 Å². The number of aliphatic carboxylic acids is 2. The van der Waals surface area contributed by atoms with Gasteiger partial charge in [0.2, 0.25) is 0 Å². The molecule has 8 heteroatoms. The Balaban J connectivity index is 2.49. The molecule has 1 rings (SSSR count). The molecule has 0 aliphatic heterocycles. The van der Waals surface area contributed by atoms with E-state index in [1.165, 1.54) is 17.8 Å². The van der Waals surface area contributed by atoms with Gasteiger partial charge in [0.05, 0.1) is 0 Å². The lowest BCUT2D eigenvalue weighted by atomic mass is 10.2. The van der Waals surface area contributed by atoms with Gasteiger partial charge in [0.15, 0.2) is 0 Å². The first-order chi connectivity index (χ1) is 9.40. The average molecular weight is 299 g/mol. The molecule has 0 saturated carbocycles. The lowest BCUT2D eigenvalue weighted by Crippen LogP contribution is -2.45. The van der Waals surface area contributed by atoms with Crippen LogP contribution >= 0.6 is 11.8 Å². The number of carboxylic acid groups (broad SMARTS) is 2. The smallest absolute Gasteiger partial charge is 0.394 e. The fourth-order valence-corrected chi connectivity index (χ4v) is 2.33. The molecule has 0 aromatic heterocycles. The molecule has 0 aliphatic carbocycles. The molecular formula is C12H13NO6S. The van der Waals surface area contributed by atoms with Crippen molar-refractivity contribution in [1.82, 2.24) is 5.32 Å². The molecule has 1 aromatic rings. The van der Waals surface area contributed by atoms with Gasteiger partial charge in [-0.1, -0.05) is 12.1 Å². The third-order valence-corrected chi connectivity index (χ3v) is 3.37. The zero-order valence-corrected chi connectivity index (χ0v) is 11.1. The van der Waals surface area contributed by atoms with Crippen molar-refractivity contribution in [3.05, 3.63) is 29.8 Å². The standard InChI is InChI=1S/C12H13NO6S/c14-8-3-1-2-7(4-8)5-20-6-9(11(16)17)13-10(15)12(18)19/h1-4,9,14H,5-6H2,(H,13,15)(H,16,17)(H,18,19)/t9-/m0/s1. The van der Waals surface area contributed by atoms with Gasteiger partial charge < -0.3 is 20.6 Å². The molecule has 0 spiro atoms. The Labute approximate surface area is 118 Å². The van der Waals surface area contributed by atoms with Crippen LogP contribution in [0.2, 0.25) is 0 Å². The van der Waals surface area contributed by atoms with Gasteiger partial charge in [-0.25, -0.2) is 9.59 Å². The third-order valence-electron chi connectivity index (χ3n) is 2.26. The van der Waals surface area contributed by atoms with E-state index in [9.17, 15) is 19.5 Å². The molecule has 1 aromatic carbocycles. The van der Waals surface area contributed by atoms with Gasteiger partial charge in [-0.2, -0.15) is 11.8 Å². The minimum Gasteiger partial charge on any atom is -0.508 e. The van der Waals surface area contributed by atoms with Crippen LogP contribution in [0.3, 0.4) is 0 Å². The number of carboxylic acids is 2. The summed E-state index contributed by atoms with van der Waals surface area (Å²) in [4.78, 5) is 32.2. The summed E-state index contributed by atoms with van der Waals surface area (Å²) in [5.74, 6) is -3.82. The lowest BCUT2D eigenvalue weighted by Gasteiger charge is -2.12. The molecule has 7 nitrogen and oxygen atoms in total. The van der Waals surface area contributed by atoms with Crippen molar-refractivity contribution in [3.8, 4) is 5.75 Å². The van der Waals surface area contributed by atoms with Crippen LogP contribution in [-0.2, 0) is 20.1 Å². The van der Waals surface area contributed by atoms with Gasteiger partial charge >= 0.3 is 17.8 Å². The fourth-order valence-electron chi connectivity index (χ4n) is 1.34. The molecule has 0 bridgehead atoms. The first-order valence-electron chi connectivity index (χ1n) is 5.52. The summed E-state index contributed by atoms with van der Waals surface area (Å²) in [7, 11) is 0. The fraction of sp³-hybridized carbons (Fsp3) is 0.250. The number of amides is 1. The van der Waals surface area contributed by atoms with Gasteiger partial charge in [0.1, 0.15) is 11.8 Å². The van der Waals surface area contributed by atoms with Crippen LogP contribution in [0.25, 0.3) is 0 Å². The Morgan fingerprint density at radius 1 is 1.25 bits per heavy atom. The highest BCUT2D eigenvalue weighted by Crippen LogP contribution is 2.17. The van der Waals surface area contributed by atoms with Gasteiger partial charge in [-0.3, -0.25) is 4.79 Å². The van der Waals surface area contributed by atoms with E-state index in [0.717, 1.165) is 5.56 Å². The second kappa shape index (κ2) is 7.39. The number of carbonyl (C=O) groups excluding carboxylic acids is 1. The summed E-state index contributed by atoms with van der Waals surface area (Å²) < 4.78 is 0. The predicted molar refractivity (Wildman–Crippen MR) is 71.5 cm³/mol. The van der Waals surface area contributed by atoms with Crippen molar-refractivity contribution in [1.29, 1.82) is 0 Å². The number of benzene rings is 1. The minimum absolute atomic E-state index is 0.0179. The van der Waals surface area contributed by atoms with E-state index >= 15 is 0 Å². The van der Waals surface area contributed by atoms with E-state index in [1.807, 2.05) is 5.32 Å². The predicted octanol–water partition coefficient (Wildman–Crippen LogP) is 0.279. The average Bonchev–Trinajstić information content (AvgIpc) is 2.37. The van der Waals surface area contributed by atoms with E-state index in [2.05, 4.69) is 0 Å². The molecule has 20 heavy (non-hydrogen) atoms. The van der Waals surface area contributed by atoms with Crippen molar-refractivity contribution in [2.75, 3.05) is 5.75 Å².